The molecule has 0 bridgehead atoms. The smallest absolute Gasteiger partial charge is 0.307 e. The third-order valence-corrected chi connectivity index (χ3v) is 4.23. The molecule has 1 aromatic carbocycles. The van der Waals surface area contributed by atoms with E-state index in [1.54, 1.807) is 18.9 Å². The molecule has 2 aromatic rings. The highest BCUT2D eigenvalue weighted by atomic mass is 16.6. The highest BCUT2D eigenvalue weighted by Gasteiger charge is 2.47. The summed E-state index contributed by atoms with van der Waals surface area (Å²) in [6.45, 7) is 1.28. The molecule has 23 heavy (non-hydrogen) atoms. The zero-order valence-corrected chi connectivity index (χ0v) is 12.9. The van der Waals surface area contributed by atoms with Crippen molar-refractivity contribution in [2.75, 3.05) is 27.3 Å². The van der Waals surface area contributed by atoms with Gasteiger partial charge in [-0.05, 0) is 17.7 Å². The first-order valence-corrected chi connectivity index (χ1v) is 7.18. The number of benzene rings is 1. The van der Waals surface area contributed by atoms with E-state index in [-0.39, 0.29) is 11.7 Å². The zero-order chi connectivity index (χ0) is 16.4. The molecule has 0 amide bonds. The summed E-state index contributed by atoms with van der Waals surface area (Å²) in [5, 5.41) is 18.4. The first kappa shape index (κ1) is 15.4. The molecule has 1 atom stereocenters. The van der Waals surface area contributed by atoms with E-state index in [0.29, 0.717) is 18.8 Å². The summed E-state index contributed by atoms with van der Waals surface area (Å²) >= 11 is 0. The van der Waals surface area contributed by atoms with Gasteiger partial charge in [0.25, 0.3) is 0 Å². The van der Waals surface area contributed by atoms with Gasteiger partial charge in [-0.15, -0.1) is 0 Å². The van der Waals surface area contributed by atoms with Gasteiger partial charge in [0.05, 0.1) is 12.0 Å². The van der Waals surface area contributed by atoms with Crippen LogP contribution in [0.15, 0.2) is 36.7 Å². The lowest BCUT2D eigenvalue weighted by atomic mass is 9.83. The summed E-state index contributed by atoms with van der Waals surface area (Å²) in [5.74, 6) is 0.715. The zero-order valence-electron chi connectivity index (χ0n) is 12.9. The third kappa shape index (κ3) is 2.66. The van der Waals surface area contributed by atoms with Crippen LogP contribution >= 0.6 is 0 Å². The van der Waals surface area contributed by atoms with Crippen LogP contribution in [0.25, 0.3) is 0 Å². The minimum Gasteiger partial charge on any atom is -0.497 e. The largest absolute Gasteiger partial charge is 0.497 e. The van der Waals surface area contributed by atoms with Gasteiger partial charge in [0.1, 0.15) is 29.8 Å². The molecule has 0 radical (unpaired) electrons. The van der Waals surface area contributed by atoms with E-state index in [4.69, 9.17) is 9.47 Å². The summed E-state index contributed by atoms with van der Waals surface area (Å²) < 4.78 is 12.6. The average molecular weight is 318 g/mol. The van der Waals surface area contributed by atoms with Gasteiger partial charge in [-0.1, -0.05) is 12.1 Å². The second-order valence-corrected chi connectivity index (χ2v) is 5.49. The molecule has 1 aromatic heterocycles. The van der Waals surface area contributed by atoms with Crippen LogP contribution in [-0.4, -0.2) is 47.6 Å². The highest BCUT2D eigenvalue weighted by molar-refractivity contribution is 5.34. The minimum absolute atomic E-state index is 0.0450. The van der Waals surface area contributed by atoms with Crippen LogP contribution in [0.2, 0.25) is 0 Å². The Morgan fingerprint density at radius 2 is 2.22 bits per heavy atom. The first-order chi connectivity index (χ1) is 11.1. The Balaban J connectivity index is 2.07. The first-order valence-electron chi connectivity index (χ1n) is 7.18. The van der Waals surface area contributed by atoms with Gasteiger partial charge in [0.2, 0.25) is 0 Å². The van der Waals surface area contributed by atoms with Crippen molar-refractivity contribution >= 4 is 5.69 Å². The quantitative estimate of drug-likeness (QED) is 0.639. The molecule has 1 aliphatic rings. The molecular formula is C15H18N4O4. The van der Waals surface area contributed by atoms with Crippen LogP contribution < -0.4 is 10.1 Å². The van der Waals surface area contributed by atoms with Crippen LogP contribution in [0.3, 0.4) is 0 Å². The highest BCUT2D eigenvalue weighted by Crippen LogP contribution is 2.37. The average Bonchev–Trinajstić information content (AvgIpc) is 3.00. The maximum atomic E-state index is 11.0. The molecule has 3 rings (SSSR count). The SMILES string of the molecule is COc1cccc(C(n2cc([N+](=O)[O-])cn2)C2(OC)CNC2)c1. The van der Waals surface area contributed by atoms with E-state index in [1.165, 1.54) is 12.4 Å². The molecule has 1 N–H and O–H groups in total. The van der Waals surface area contributed by atoms with Gasteiger partial charge in [-0.2, -0.15) is 5.10 Å². The van der Waals surface area contributed by atoms with E-state index in [0.717, 1.165) is 5.56 Å². The molecule has 1 fully saturated rings. The second-order valence-electron chi connectivity index (χ2n) is 5.49. The molecule has 8 nitrogen and oxygen atoms in total. The summed E-state index contributed by atoms with van der Waals surface area (Å²) in [6.07, 6.45) is 2.69. The number of aromatic nitrogens is 2. The molecule has 0 spiro atoms. The van der Waals surface area contributed by atoms with Crippen molar-refractivity contribution in [2.24, 2.45) is 0 Å². The molecule has 8 heteroatoms. The summed E-state index contributed by atoms with van der Waals surface area (Å²) in [5.41, 5.74) is 0.369. The number of nitrogens with one attached hydrogen (secondary N) is 1. The molecule has 1 unspecified atom stereocenters. The maximum Gasteiger partial charge on any atom is 0.307 e. The van der Waals surface area contributed by atoms with Crippen LogP contribution in [0, 0.1) is 10.1 Å². The lowest BCUT2D eigenvalue weighted by molar-refractivity contribution is -0.385. The number of methoxy groups -OCH3 is 2. The van der Waals surface area contributed by atoms with Gasteiger partial charge < -0.3 is 14.8 Å². The van der Waals surface area contributed by atoms with Gasteiger partial charge in [-0.3, -0.25) is 14.8 Å². The predicted molar refractivity (Wildman–Crippen MR) is 82.6 cm³/mol. The van der Waals surface area contributed by atoms with Gasteiger partial charge in [-0.25, -0.2) is 0 Å². The number of nitro groups is 1. The number of rotatable bonds is 6. The Bertz CT molecular complexity index is 705. The van der Waals surface area contributed by atoms with E-state index < -0.39 is 10.5 Å². The van der Waals surface area contributed by atoms with Crippen LogP contribution in [0.5, 0.6) is 5.75 Å². The minimum atomic E-state index is -0.508. The Morgan fingerprint density at radius 1 is 1.43 bits per heavy atom. The van der Waals surface area contributed by atoms with Gasteiger partial charge in [0, 0.05) is 20.2 Å². The standard InChI is InChI=1S/C15H18N4O4/c1-22-13-5-3-4-11(6-13)14(15(23-2)9-16-10-15)18-8-12(7-17-18)19(20)21/h3-8,14,16H,9-10H2,1-2H3. The number of nitrogens with zero attached hydrogens (tertiary/aromatic N) is 3. The fraction of sp³-hybridized carbons (Fsp3) is 0.400. The normalized spacial score (nSPS) is 17.3. The van der Waals surface area contributed by atoms with Crippen LogP contribution in [0.1, 0.15) is 11.6 Å². The van der Waals surface area contributed by atoms with Crippen molar-refractivity contribution in [3.63, 3.8) is 0 Å². The fourth-order valence-electron chi connectivity index (χ4n) is 2.89. The van der Waals surface area contributed by atoms with E-state index >= 15 is 0 Å². The van der Waals surface area contributed by atoms with Crippen molar-refractivity contribution in [1.29, 1.82) is 0 Å². The summed E-state index contributed by atoms with van der Waals surface area (Å²) in [7, 11) is 3.25. The summed E-state index contributed by atoms with van der Waals surface area (Å²) in [4.78, 5) is 10.5. The van der Waals surface area contributed by atoms with Crippen LogP contribution in [-0.2, 0) is 4.74 Å². The Morgan fingerprint density at radius 3 is 2.74 bits per heavy atom. The van der Waals surface area contributed by atoms with Gasteiger partial charge >= 0.3 is 5.69 Å². The predicted octanol–water partition coefficient (Wildman–Crippen LogP) is 1.38. The van der Waals surface area contributed by atoms with Crippen molar-refractivity contribution in [1.82, 2.24) is 15.1 Å². The second kappa shape index (κ2) is 5.98. The lowest BCUT2D eigenvalue weighted by Gasteiger charge is -2.46. The Hall–Kier alpha value is -2.45. The van der Waals surface area contributed by atoms with Crippen molar-refractivity contribution in [3.8, 4) is 5.75 Å². The van der Waals surface area contributed by atoms with E-state index in [2.05, 4.69) is 10.4 Å². The Kier molecular flexibility index (Phi) is 4.01. The van der Waals surface area contributed by atoms with Crippen molar-refractivity contribution in [3.05, 3.63) is 52.3 Å². The molecule has 1 aliphatic heterocycles. The number of ether oxygens (including phenoxy) is 2. The molecule has 122 valence electrons. The molecule has 0 saturated carbocycles. The molecule has 0 aliphatic carbocycles. The lowest BCUT2D eigenvalue weighted by Crippen LogP contribution is -2.65. The molecule has 2 heterocycles. The van der Waals surface area contributed by atoms with Crippen molar-refractivity contribution < 1.29 is 14.4 Å². The Labute approximate surface area is 133 Å². The molecule has 1 saturated heterocycles. The topological polar surface area (TPSA) is 91.5 Å². The maximum absolute atomic E-state index is 11.0. The van der Waals surface area contributed by atoms with Crippen LogP contribution in [0.4, 0.5) is 5.69 Å². The van der Waals surface area contributed by atoms with E-state index in [1.807, 2.05) is 24.3 Å². The van der Waals surface area contributed by atoms with E-state index in [9.17, 15) is 10.1 Å². The third-order valence-electron chi connectivity index (χ3n) is 4.23. The summed E-state index contributed by atoms with van der Waals surface area (Å²) in [6, 6.07) is 7.29. The van der Waals surface area contributed by atoms with Gasteiger partial charge in [0.15, 0.2) is 0 Å². The number of hydrogen-bond acceptors (Lipinski definition) is 6. The number of hydrogen-bond donors (Lipinski definition) is 1. The fourth-order valence-corrected chi connectivity index (χ4v) is 2.89. The monoisotopic (exact) mass is 318 g/mol. The molecular weight excluding hydrogens is 300 g/mol. The van der Waals surface area contributed by atoms with Crippen molar-refractivity contribution in [2.45, 2.75) is 11.6 Å².